The molecule has 13 aromatic rings. The van der Waals surface area contributed by atoms with Crippen LogP contribution in [0.3, 0.4) is 0 Å². The first-order chi connectivity index (χ1) is 28.7. The minimum Gasteiger partial charge on any atom is -0.452 e. The highest BCUT2D eigenvalue weighted by molar-refractivity contribution is 6.26. The van der Waals surface area contributed by atoms with Gasteiger partial charge in [0.2, 0.25) is 0 Å². The molecule has 0 spiro atoms. The monoisotopic (exact) mass is 736 g/mol. The van der Waals surface area contributed by atoms with E-state index in [-0.39, 0.29) is 0 Å². The van der Waals surface area contributed by atoms with Crippen molar-refractivity contribution >= 4 is 97.7 Å². The summed E-state index contributed by atoms with van der Waals surface area (Å²) in [6.07, 6.45) is 0. The molecule has 0 fully saturated rings. The van der Waals surface area contributed by atoms with Gasteiger partial charge in [-0.2, -0.15) is 0 Å². The summed E-state index contributed by atoms with van der Waals surface area (Å²) < 4.78 is 13.2. The number of hydrogen-bond donors (Lipinski definition) is 0. The summed E-state index contributed by atoms with van der Waals surface area (Å²) in [6.45, 7) is 0. The zero-order chi connectivity index (χ0) is 37.9. The Hall–Kier alpha value is -7.68. The van der Waals surface area contributed by atoms with Gasteiger partial charge in [-0.1, -0.05) is 146 Å². The molecule has 2 nitrogen and oxygen atoms in total. The second kappa shape index (κ2) is 11.9. The second-order valence-corrected chi connectivity index (χ2v) is 15.6. The van der Waals surface area contributed by atoms with Crippen LogP contribution < -0.4 is 0 Å². The van der Waals surface area contributed by atoms with Gasteiger partial charge in [-0.15, -0.1) is 0 Å². The van der Waals surface area contributed by atoms with E-state index in [0.29, 0.717) is 0 Å². The lowest BCUT2D eigenvalue weighted by Crippen LogP contribution is -1.85. The molecule has 13 rings (SSSR count). The number of furan rings is 2. The molecule has 11 aromatic carbocycles. The third kappa shape index (κ3) is 4.54. The van der Waals surface area contributed by atoms with Crippen LogP contribution in [0.15, 0.2) is 203 Å². The molecule has 0 unspecified atom stereocenters. The molecule has 0 aliphatic heterocycles. The van der Waals surface area contributed by atoms with Gasteiger partial charge in [0, 0.05) is 21.5 Å². The fraction of sp³-hybridized carbons (Fsp3) is 0. The Kier molecular flexibility index (Phi) is 6.47. The molecule has 0 saturated carbocycles. The molecule has 2 aromatic heterocycles. The van der Waals surface area contributed by atoms with Gasteiger partial charge in [0.15, 0.2) is 11.2 Å². The molecule has 2 heteroatoms. The SMILES string of the molecule is c1ccc2c(c1)cc(-c1ccc3oc4c(ccc5c6cc(-c7ccc(-c8ccc9c%10ccccc%10c%10ccccc%10c9c8)cc7)ccc6oc54)c3c1)c1ccccc12. The summed E-state index contributed by atoms with van der Waals surface area (Å²) in [5, 5.41) is 17.0. The summed E-state index contributed by atoms with van der Waals surface area (Å²) in [6, 6.07) is 70.4. The van der Waals surface area contributed by atoms with Crippen LogP contribution in [0.25, 0.3) is 131 Å². The molecular weight excluding hydrogens is 705 g/mol. The Bertz CT molecular complexity index is 3810. The van der Waals surface area contributed by atoms with Crippen LogP contribution in [0.2, 0.25) is 0 Å². The van der Waals surface area contributed by atoms with Crippen LogP contribution in [-0.2, 0) is 0 Å². The molecule has 58 heavy (non-hydrogen) atoms. The van der Waals surface area contributed by atoms with Crippen molar-refractivity contribution in [2.75, 3.05) is 0 Å². The maximum Gasteiger partial charge on any atom is 0.178 e. The summed E-state index contributed by atoms with van der Waals surface area (Å²) in [5.41, 5.74) is 10.4. The fourth-order valence-electron chi connectivity index (χ4n) is 9.65. The van der Waals surface area contributed by atoms with Crippen LogP contribution in [0.4, 0.5) is 0 Å². The molecule has 0 saturated heterocycles. The first-order valence-corrected chi connectivity index (χ1v) is 19.9. The predicted molar refractivity (Wildman–Crippen MR) is 245 cm³/mol. The van der Waals surface area contributed by atoms with Gasteiger partial charge in [-0.25, -0.2) is 0 Å². The van der Waals surface area contributed by atoms with Crippen LogP contribution >= 0.6 is 0 Å². The lowest BCUT2D eigenvalue weighted by atomic mass is 9.92. The van der Waals surface area contributed by atoms with Crippen molar-refractivity contribution in [1.29, 1.82) is 0 Å². The molecule has 0 aliphatic carbocycles. The molecule has 268 valence electrons. The summed E-state index contributed by atoms with van der Waals surface area (Å²) in [7, 11) is 0. The quantitative estimate of drug-likeness (QED) is 0.169. The van der Waals surface area contributed by atoms with Gasteiger partial charge in [0.25, 0.3) is 0 Å². The number of hydrogen-bond acceptors (Lipinski definition) is 2. The smallest absolute Gasteiger partial charge is 0.178 e. The van der Waals surface area contributed by atoms with Crippen molar-refractivity contribution in [1.82, 2.24) is 0 Å². The normalized spacial score (nSPS) is 12.1. The van der Waals surface area contributed by atoms with Crippen molar-refractivity contribution in [3.63, 3.8) is 0 Å². The van der Waals surface area contributed by atoms with Crippen LogP contribution in [0.1, 0.15) is 0 Å². The van der Waals surface area contributed by atoms with Crippen molar-refractivity contribution in [3.8, 4) is 33.4 Å². The first kappa shape index (κ1) is 31.5. The highest BCUT2D eigenvalue weighted by atomic mass is 16.4. The second-order valence-electron chi connectivity index (χ2n) is 15.6. The largest absolute Gasteiger partial charge is 0.452 e. The van der Waals surface area contributed by atoms with Crippen molar-refractivity contribution < 1.29 is 8.83 Å². The zero-order valence-electron chi connectivity index (χ0n) is 31.3. The van der Waals surface area contributed by atoms with Crippen molar-refractivity contribution in [2.24, 2.45) is 0 Å². The topological polar surface area (TPSA) is 26.3 Å². The maximum atomic E-state index is 6.59. The maximum absolute atomic E-state index is 6.59. The van der Waals surface area contributed by atoms with E-state index in [0.717, 1.165) is 55.0 Å². The summed E-state index contributed by atoms with van der Waals surface area (Å²) in [4.78, 5) is 0. The molecule has 0 bridgehead atoms. The minimum atomic E-state index is 0.783. The number of benzene rings is 11. The van der Waals surface area contributed by atoms with Crippen LogP contribution in [0.5, 0.6) is 0 Å². The van der Waals surface area contributed by atoms with E-state index in [1.807, 2.05) is 0 Å². The third-order valence-corrected chi connectivity index (χ3v) is 12.5. The number of rotatable bonds is 3. The Labute approximate surface area is 332 Å². The van der Waals surface area contributed by atoms with Crippen molar-refractivity contribution in [2.45, 2.75) is 0 Å². The predicted octanol–water partition coefficient (Wildman–Crippen LogP) is 16.3. The Morgan fingerprint density at radius 1 is 0.224 bits per heavy atom. The lowest BCUT2D eigenvalue weighted by Gasteiger charge is -2.12. The van der Waals surface area contributed by atoms with Gasteiger partial charge in [-0.3, -0.25) is 0 Å². The third-order valence-electron chi connectivity index (χ3n) is 12.5. The van der Waals surface area contributed by atoms with E-state index in [9.17, 15) is 0 Å². The molecule has 0 N–H and O–H groups in total. The Balaban J connectivity index is 0.883. The van der Waals surface area contributed by atoms with E-state index < -0.39 is 0 Å². The molecule has 0 amide bonds. The van der Waals surface area contributed by atoms with E-state index >= 15 is 0 Å². The Morgan fingerprint density at radius 2 is 0.603 bits per heavy atom. The zero-order valence-corrected chi connectivity index (χ0v) is 31.3. The van der Waals surface area contributed by atoms with E-state index in [1.165, 1.54) is 76.1 Å². The van der Waals surface area contributed by atoms with Gasteiger partial charge >= 0.3 is 0 Å². The van der Waals surface area contributed by atoms with Gasteiger partial charge in [0.1, 0.15) is 11.2 Å². The number of fused-ring (bicyclic) bond motifs is 16. The van der Waals surface area contributed by atoms with E-state index in [2.05, 4.69) is 194 Å². The average molecular weight is 737 g/mol. The van der Waals surface area contributed by atoms with Gasteiger partial charge < -0.3 is 8.83 Å². The molecular formula is C56H32O2. The first-order valence-electron chi connectivity index (χ1n) is 19.9. The van der Waals surface area contributed by atoms with Gasteiger partial charge in [-0.05, 0) is 136 Å². The molecule has 0 atom stereocenters. The molecule has 0 aliphatic rings. The Morgan fingerprint density at radius 3 is 1.19 bits per heavy atom. The van der Waals surface area contributed by atoms with E-state index in [4.69, 9.17) is 8.83 Å². The highest BCUT2D eigenvalue weighted by Crippen LogP contribution is 2.43. The average Bonchev–Trinajstić information content (AvgIpc) is 3.87. The lowest BCUT2D eigenvalue weighted by molar-refractivity contribution is 0.633. The molecule has 0 radical (unpaired) electrons. The molecule has 2 heterocycles. The van der Waals surface area contributed by atoms with E-state index in [1.54, 1.807) is 0 Å². The summed E-state index contributed by atoms with van der Waals surface area (Å²) in [5.74, 6) is 0. The minimum absolute atomic E-state index is 0.783. The van der Waals surface area contributed by atoms with Crippen LogP contribution in [-0.4, -0.2) is 0 Å². The van der Waals surface area contributed by atoms with Gasteiger partial charge in [0.05, 0.1) is 0 Å². The summed E-state index contributed by atoms with van der Waals surface area (Å²) >= 11 is 0. The van der Waals surface area contributed by atoms with Crippen molar-refractivity contribution in [3.05, 3.63) is 194 Å². The highest BCUT2D eigenvalue weighted by Gasteiger charge is 2.18. The van der Waals surface area contributed by atoms with Crippen LogP contribution in [0, 0.1) is 0 Å². The fourth-order valence-corrected chi connectivity index (χ4v) is 9.65. The standard InChI is InChI=1S/C56H32O2/c1-2-10-39-37(9-1)31-49(44-15-7-3-11-40(39)44)38-23-28-54-52(32-38)48-26-25-47-51-30-36(22-27-53(51)57-55(47)56(48)58-54)34-19-17-33(18-20-34)35-21-24-46-43-14-5-4-12-41(43)42-13-6-8-16-45(42)50(46)29-35/h1-32H.